The third-order valence-electron chi connectivity index (χ3n) is 6.21. The molecule has 2 aliphatic rings. The molecule has 2 atom stereocenters. The van der Waals surface area contributed by atoms with Gasteiger partial charge >= 0.3 is 5.97 Å². The first-order valence-electron chi connectivity index (χ1n) is 10.9. The number of anilines is 1. The molecule has 2 aromatic rings. The molecule has 1 aliphatic carbocycles. The van der Waals surface area contributed by atoms with Gasteiger partial charge in [-0.3, -0.25) is 4.79 Å². The number of esters is 1. The molecule has 0 amide bonds. The van der Waals surface area contributed by atoms with Crippen molar-refractivity contribution in [2.24, 2.45) is 5.92 Å². The van der Waals surface area contributed by atoms with Gasteiger partial charge in [0, 0.05) is 23.9 Å². The van der Waals surface area contributed by atoms with Crippen LogP contribution in [0.25, 0.3) is 10.2 Å². The Labute approximate surface area is 171 Å². The Bertz CT molecular complexity index is 863. The fourth-order valence-electron chi connectivity index (χ4n) is 4.41. The van der Waals surface area contributed by atoms with Crippen LogP contribution in [-0.4, -0.2) is 35.6 Å². The number of aromatic nitrogens is 2. The van der Waals surface area contributed by atoms with Gasteiger partial charge in [0.15, 0.2) is 0 Å². The molecule has 0 aromatic carbocycles. The fourth-order valence-corrected chi connectivity index (χ4v) is 5.67. The van der Waals surface area contributed by atoms with Gasteiger partial charge in [-0.05, 0) is 57.4 Å². The number of carbonyl (C=O) groups excluding carboxylic acids is 1. The molecule has 28 heavy (non-hydrogen) atoms. The molecule has 0 radical (unpaired) electrons. The molecule has 3 heterocycles. The third-order valence-corrected chi connectivity index (χ3v) is 7.39. The second kappa shape index (κ2) is 8.36. The number of fused-ring (bicyclic) bond motifs is 3. The van der Waals surface area contributed by atoms with Crippen molar-refractivity contribution in [1.82, 2.24) is 9.97 Å². The highest BCUT2D eigenvalue weighted by Crippen LogP contribution is 2.41. The molecule has 1 saturated heterocycles. The normalized spacial score (nSPS) is 20.8. The molecule has 6 heteroatoms. The highest BCUT2D eigenvalue weighted by Gasteiger charge is 2.31. The molecule has 0 bridgehead atoms. The van der Waals surface area contributed by atoms with Gasteiger partial charge in [0.1, 0.15) is 16.5 Å². The van der Waals surface area contributed by atoms with Gasteiger partial charge in [-0.25, -0.2) is 9.97 Å². The zero-order valence-corrected chi connectivity index (χ0v) is 18.1. The fraction of sp³-hybridized carbons (Fsp3) is 0.682. The van der Waals surface area contributed by atoms with Crippen LogP contribution in [0.4, 0.5) is 5.82 Å². The maximum absolute atomic E-state index is 12.4. The summed E-state index contributed by atoms with van der Waals surface area (Å²) < 4.78 is 5.31. The number of hydrogen-bond acceptors (Lipinski definition) is 6. The Hall–Kier alpha value is -1.69. The average Bonchev–Trinajstić information content (AvgIpc) is 3.11. The van der Waals surface area contributed by atoms with Crippen molar-refractivity contribution in [1.29, 1.82) is 0 Å². The van der Waals surface area contributed by atoms with E-state index in [0.717, 1.165) is 48.7 Å². The predicted molar refractivity (Wildman–Crippen MR) is 114 cm³/mol. The number of ether oxygens (including phenoxy) is 1. The van der Waals surface area contributed by atoms with E-state index in [1.165, 1.54) is 35.1 Å². The molecule has 4 rings (SSSR count). The van der Waals surface area contributed by atoms with E-state index in [9.17, 15) is 4.79 Å². The van der Waals surface area contributed by atoms with Crippen molar-refractivity contribution < 1.29 is 9.53 Å². The van der Waals surface area contributed by atoms with E-state index in [1.807, 2.05) is 18.3 Å². The molecule has 152 valence electrons. The van der Waals surface area contributed by atoms with Crippen LogP contribution in [0.2, 0.25) is 0 Å². The molecule has 2 aromatic heterocycles. The summed E-state index contributed by atoms with van der Waals surface area (Å²) in [6.45, 7) is 8.37. The van der Waals surface area contributed by atoms with E-state index in [4.69, 9.17) is 14.7 Å². The summed E-state index contributed by atoms with van der Waals surface area (Å²) in [6.07, 6.45) is 7.75. The summed E-state index contributed by atoms with van der Waals surface area (Å²) in [5, 5.41) is 1.26. The first kappa shape index (κ1) is 19.6. The van der Waals surface area contributed by atoms with Crippen LogP contribution in [-0.2, 0) is 22.4 Å². The van der Waals surface area contributed by atoms with Crippen molar-refractivity contribution in [2.75, 3.05) is 24.6 Å². The lowest BCUT2D eigenvalue weighted by atomic mass is 9.95. The molecule has 5 nitrogen and oxygen atoms in total. The Kier molecular flexibility index (Phi) is 5.85. The van der Waals surface area contributed by atoms with Crippen molar-refractivity contribution in [3.05, 3.63) is 16.3 Å². The molecular formula is C22H31N3O2S. The molecule has 1 aliphatic heterocycles. The topological polar surface area (TPSA) is 55.3 Å². The summed E-state index contributed by atoms with van der Waals surface area (Å²) in [5.74, 6) is 2.23. The van der Waals surface area contributed by atoms with E-state index in [-0.39, 0.29) is 11.9 Å². The number of rotatable bonds is 5. The van der Waals surface area contributed by atoms with Crippen LogP contribution < -0.4 is 4.90 Å². The average molecular weight is 402 g/mol. The lowest BCUT2D eigenvalue weighted by Crippen LogP contribution is -2.40. The van der Waals surface area contributed by atoms with Gasteiger partial charge in [-0.1, -0.05) is 13.8 Å². The van der Waals surface area contributed by atoms with Gasteiger partial charge in [0.25, 0.3) is 0 Å². The quantitative estimate of drug-likeness (QED) is 0.670. The molecule has 0 unspecified atom stereocenters. The highest BCUT2D eigenvalue weighted by molar-refractivity contribution is 7.19. The predicted octanol–water partition coefficient (Wildman–Crippen LogP) is 4.86. The molecular weight excluding hydrogens is 370 g/mol. The van der Waals surface area contributed by atoms with Crippen LogP contribution in [0.1, 0.15) is 75.1 Å². The minimum absolute atomic E-state index is 0.0553. The maximum Gasteiger partial charge on any atom is 0.310 e. The van der Waals surface area contributed by atoms with Gasteiger partial charge < -0.3 is 9.64 Å². The summed E-state index contributed by atoms with van der Waals surface area (Å²) >= 11 is 1.87. The van der Waals surface area contributed by atoms with Crippen molar-refractivity contribution >= 4 is 33.3 Å². The Morgan fingerprint density at radius 1 is 1.25 bits per heavy atom. The first-order valence-corrected chi connectivity index (χ1v) is 11.7. The van der Waals surface area contributed by atoms with E-state index < -0.39 is 0 Å². The minimum atomic E-state index is -0.0630. The van der Waals surface area contributed by atoms with Gasteiger partial charge in [0.05, 0.1) is 17.9 Å². The van der Waals surface area contributed by atoms with E-state index in [1.54, 1.807) is 0 Å². The summed E-state index contributed by atoms with van der Waals surface area (Å²) in [6, 6.07) is 0. The summed E-state index contributed by atoms with van der Waals surface area (Å²) in [4.78, 5) is 27.4. The van der Waals surface area contributed by atoms with Crippen LogP contribution in [0.5, 0.6) is 0 Å². The number of carbonyl (C=O) groups is 1. The monoisotopic (exact) mass is 401 g/mol. The van der Waals surface area contributed by atoms with Gasteiger partial charge in [-0.2, -0.15) is 0 Å². The van der Waals surface area contributed by atoms with Gasteiger partial charge in [0.2, 0.25) is 0 Å². The summed E-state index contributed by atoms with van der Waals surface area (Å²) in [7, 11) is 0. The molecule has 0 saturated carbocycles. The number of hydrogen-bond donors (Lipinski definition) is 0. The number of aryl methyl sites for hydroxylation is 2. The largest absolute Gasteiger partial charge is 0.466 e. The first-order chi connectivity index (χ1) is 13.6. The van der Waals surface area contributed by atoms with E-state index in [2.05, 4.69) is 18.7 Å². The number of thiophene rings is 1. The highest BCUT2D eigenvalue weighted by atomic mass is 32.1. The standard InChI is InChI=1S/C22H31N3O2S/c1-4-14(3)19-23-20(25-12-8-9-15(13-25)22(26)27-5-2)18-16-10-6-7-11-17(16)28-21(18)24-19/h14-15H,4-13H2,1-3H3/t14-,15-/m1/s1. The zero-order chi connectivity index (χ0) is 19.7. The smallest absolute Gasteiger partial charge is 0.310 e. The van der Waals surface area contributed by atoms with Gasteiger partial charge in [-0.15, -0.1) is 11.3 Å². The van der Waals surface area contributed by atoms with E-state index >= 15 is 0 Å². The molecule has 0 spiro atoms. The van der Waals surface area contributed by atoms with Crippen LogP contribution >= 0.6 is 11.3 Å². The van der Waals surface area contributed by atoms with Crippen molar-refractivity contribution in [2.45, 2.75) is 71.6 Å². The third kappa shape index (κ3) is 3.63. The lowest BCUT2D eigenvalue weighted by molar-refractivity contribution is -0.148. The van der Waals surface area contributed by atoms with Crippen LogP contribution in [0.15, 0.2) is 0 Å². The minimum Gasteiger partial charge on any atom is -0.466 e. The SMILES string of the molecule is CCOC(=O)[C@@H]1CCCN(c2nc([C@H](C)CC)nc3sc4c(c23)CCCC4)C1. The van der Waals surface area contributed by atoms with Crippen LogP contribution in [0, 0.1) is 5.92 Å². The maximum atomic E-state index is 12.4. The lowest BCUT2D eigenvalue weighted by Gasteiger charge is -2.33. The summed E-state index contributed by atoms with van der Waals surface area (Å²) in [5.41, 5.74) is 1.47. The zero-order valence-electron chi connectivity index (χ0n) is 17.3. The Morgan fingerprint density at radius 2 is 2.07 bits per heavy atom. The van der Waals surface area contributed by atoms with Crippen molar-refractivity contribution in [3.63, 3.8) is 0 Å². The molecule has 1 fully saturated rings. The Morgan fingerprint density at radius 3 is 2.86 bits per heavy atom. The number of nitrogens with zero attached hydrogens (tertiary/aromatic N) is 3. The van der Waals surface area contributed by atoms with Crippen LogP contribution in [0.3, 0.4) is 0 Å². The van der Waals surface area contributed by atoms with Crippen molar-refractivity contribution in [3.8, 4) is 0 Å². The second-order valence-corrected chi connectivity index (χ2v) is 9.23. The Balaban J connectivity index is 1.77. The second-order valence-electron chi connectivity index (χ2n) is 8.14. The molecule has 0 N–H and O–H groups in total. The number of piperidine rings is 1. The van der Waals surface area contributed by atoms with E-state index in [0.29, 0.717) is 19.1 Å².